The van der Waals surface area contributed by atoms with Gasteiger partial charge in [0.05, 0.1) is 11.7 Å². The molecular formula is C27H29N3O. The second-order valence-electron chi connectivity index (χ2n) is 9.25. The van der Waals surface area contributed by atoms with Crippen LogP contribution in [-0.2, 0) is 0 Å². The maximum absolute atomic E-state index is 6.78. The average Bonchev–Trinajstić information content (AvgIpc) is 3.26. The Hall–Kier alpha value is -2.82. The number of ether oxygens (including phenoxy) is 1. The Morgan fingerprint density at radius 2 is 1.68 bits per heavy atom. The van der Waals surface area contributed by atoms with Gasteiger partial charge in [-0.2, -0.15) is 5.01 Å². The number of piperidine rings is 1. The monoisotopic (exact) mass is 411 g/mol. The van der Waals surface area contributed by atoms with Crippen molar-refractivity contribution >= 4 is 16.5 Å². The summed E-state index contributed by atoms with van der Waals surface area (Å²) in [6, 6.07) is 24.5. The highest BCUT2D eigenvalue weighted by Crippen LogP contribution is 2.48. The molecule has 3 aliphatic rings. The molecule has 4 heteroatoms. The molecule has 1 atom stereocenters. The van der Waals surface area contributed by atoms with E-state index in [0.29, 0.717) is 6.04 Å². The van der Waals surface area contributed by atoms with Gasteiger partial charge in [0.2, 0.25) is 0 Å². The maximum atomic E-state index is 6.78. The molecule has 1 spiro atoms. The van der Waals surface area contributed by atoms with Gasteiger partial charge in [-0.3, -0.25) is 0 Å². The van der Waals surface area contributed by atoms with Crippen LogP contribution >= 0.6 is 0 Å². The van der Waals surface area contributed by atoms with Crippen LogP contribution in [0.4, 0.5) is 0 Å². The van der Waals surface area contributed by atoms with Crippen molar-refractivity contribution in [1.29, 1.82) is 0 Å². The third-order valence-corrected chi connectivity index (χ3v) is 7.21. The molecule has 0 saturated carbocycles. The van der Waals surface area contributed by atoms with Crippen molar-refractivity contribution in [3.8, 4) is 5.75 Å². The molecule has 3 aromatic carbocycles. The summed E-state index contributed by atoms with van der Waals surface area (Å²) in [7, 11) is 0. The SMILES string of the molecule is CC(C)N1CCC2(CC1)Oc1ccccc1[C@H]1C=C(c3cccc4ccccc34)NN12. The van der Waals surface area contributed by atoms with Crippen LogP contribution in [0.2, 0.25) is 0 Å². The van der Waals surface area contributed by atoms with Crippen molar-refractivity contribution in [2.45, 2.75) is 44.5 Å². The standard InChI is InChI=1S/C27H29N3O/c1-19(2)29-16-14-27(15-17-29)30-25(23-11-5-6-13-26(23)31-27)18-24(28-30)22-12-7-9-20-8-3-4-10-21(20)22/h3-13,18-19,25,28H,14-17H2,1-2H3/t25-/m1/s1. The van der Waals surface area contributed by atoms with E-state index in [1.54, 1.807) is 0 Å². The number of benzene rings is 3. The lowest BCUT2D eigenvalue weighted by atomic mass is 9.92. The first-order valence-electron chi connectivity index (χ1n) is 11.4. The molecule has 0 unspecified atom stereocenters. The fraction of sp³-hybridized carbons (Fsp3) is 0.333. The van der Waals surface area contributed by atoms with Crippen molar-refractivity contribution in [2.24, 2.45) is 0 Å². The normalized spacial score (nSPS) is 22.7. The number of fused-ring (bicyclic) bond motifs is 5. The molecule has 0 aromatic heterocycles. The Balaban J connectivity index is 1.42. The van der Waals surface area contributed by atoms with Gasteiger partial charge >= 0.3 is 0 Å². The van der Waals surface area contributed by atoms with E-state index in [1.807, 2.05) is 0 Å². The van der Waals surface area contributed by atoms with Crippen molar-refractivity contribution in [3.63, 3.8) is 0 Å². The molecule has 3 aromatic rings. The lowest BCUT2D eigenvalue weighted by Gasteiger charge is -2.52. The molecule has 1 fully saturated rings. The van der Waals surface area contributed by atoms with Crippen LogP contribution < -0.4 is 10.2 Å². The summed E-state index contributed by atoms with van der Waals surface area (Å²) in [6.45, 7) is 6.67. The second kappa shape index (κ2) is 7.11. The van der Waals surface area contributed by atoms with E-state index in [1.165, 1.54) is 27.6 Å². The van der Waals surface area contributed by atoms with Crippen LogP contribution in [0, 0.1) is 0 Å². The number of hydrazine groups is 1. The van der Waals surface area contributed by atoms with Crippen molar-refractivity contribution in [3.05, 3.63) is 83.9 Å². The number of hydrogen-bond donors (Lipinski definition) is 1. The molecule has 1 N–H and O–H groups in total. The van der Waals surface area contributed by atoms with E-state index in [4.69, 9.17) is 4.74 Å². The molecule has 6 rings (SSSR count). The quantitative estimate of drug-likeness (QED) is 0.616. The molecule has 4 nitrogen and oxygen atoms in total. The van der Waals surface area contributed by atoms with Gasteiger partial charge in [-0.1, -0.05) is 60.7 Å². The zero-order valence-corrected chi connectivity index (χ0v) is 18.2. The Bertz CT molecular complexity index is 1150. The number of nitrogens with one attached hydrogen (secondary N) is 1. The summed E-state index contributed by atoms with van der Waals surface area (Å²) in [5.41, 5.74) is 7.13. The van der Waals surface area contributed by atoms with Crippen molar-refractivity contribution < 1.29 is 4.74 Å². The molecule has 0 radical (unpaired) electrons. The zero-order valence-electron chi connectivity index (χ0n) is 18.2. The predicted molar refractivity (Wildman–Crippen MR) is 125 cm³/mol. The molecule has 0 bridgehead atoms. The number of rotatable bonds is 2. The lowest BCUT2D eigenvalue weighted by Crippen LogP contribution is -2.64. The van der Waals surface area contributed by atoms with Gasteiger partial charge in [-0.25, -0.2) is 0 Å². The molecule has 3 heterocycles. The fourth-order valence-corrected chi connectivity index (χ4v) is 5.47. The maximum Gasteiger partial charge on any atom is 0.182 e. The first-order valence-corrected chi connectivity index (χ1v) is 11.4. The molecule has 1 saturated heterocycles. The topological polar surface area (TPSA) is 27.7 Å². The van der Waals surface area contributed by atoms with Gasteiger partial charge in [-0.05, 0) is 36.8 Å². The fourth-order valence-electron chi connectivity index (χ4n) is 5.47. The number of hydrogen-bond acceptors (Lipinski definition) is 4. The molecular weight excluding hydrogens is 382 g/mol. The predicted octanol–water partition coefficient (Wildman–Crippen LogP) is 5.34. The summed E-state index contributed by atoms with van der Waals surface area (Å²) in [6.07, 6.45) is 4.36. The number of para-hydroxylation sites is 1. The highest BCUT2D eigenvalue weighted by Gasteiger charge is 2.51. The second-order valence-corrected chi connectivity index (χ2v) is 9.25. The summed E-state index contributed by atoms with van der Waals surface area (Å²) in [5, 5.41) is 4.94. The molecule has 0 aliphatic carbocycles. The number of nitrogens with zero attached hydrogens (tertiary/aromatic N) is 2. The van der Waals surface area contributed by atoms with E-state index in [9.17, 15) is 0 Å². The van der Waals surface area contributed by atoms with Crippen LogP contribution in [0.25, 0.3) is 16.5 Å². The van der Waals surface area contributed by atoms with Gasteiger partial charge in [0.25, 0.3) is 0 Å². The summed E-state index contributed by atoms with van der Waals surface area (Å²) >= 11 is 0. The minimum absolute atomic E-state index is 0.171. The summed E-state index contributed by atoms with van der Waals surface area (Å²) < 4.78 is 6.78. The molecule has 3 aliphatic heterocycles. The number of likely N-dealkylation sites (tertiary alicyclic amines) is 1. The highest BCUT2D eigenvalue weighted by atomic mass is 16.5. The van der Waals surface area contributed by atoms with E-state index >= 15 is 0 Å². The third-order valence-electron chi connectivity index (χ3n) is 7.21. The third kappa shape index (κ3) is 2.97. The van der Waals surface area contributed by atoms with Crippen LogP contribution in [0.15, 0.2) is 72.8 Å². The molecule has 31 heavy (non-hydrogen) atoms. The van der Waals surface area contributed by atoms with Gasteiger partial charge in [0.1, 0.15) is 5.75 Å². The first-order chi connectivity index (χ1) is 15.1. The minimum atomic E-state index is -0.326. The van der Waals surface area contributed by atoms with Crippen LogP contribution in [0.1, 0.15) is 43.9 Å². The van der Waals surface area contributed by atoms with Crippen LogP contribution in [0.5, 0.6) is 5.75 Å². The van der Waals surface area contributed by atoms with Gasteiger partial charge in [0.15, 0.2) is 5.72 Å². The van der Waals surface area contributed by atoms with Crippen molar-refractivity contribution in [2.75, 3.05) is 13.1 Å². The largest absolute Gasteiger partial charge is 0.470 e. The summed E-state index contributed by atoms with van der Waals surface area (Å²) in [5.74, 6) is 1.03. The van der Waals surface area contributed by atoms with Gasteiger partial charge in [-0.15, -0.1) is 0 Å². The van der Waals surface area contributed by atoms with E-state index < -0.39 is 0 Å². The minimum Gasteiger partial charge on any atom is -0.470 e. The first kappa shape index (κ1) is 18.9. The lowest BCUT2D eigenvalue weighted by molar-refractivity contribution is -0.161. The summed E-state index contributed by atoms with van der Waals surface area (Å²) in [4.78, 5) is 2.55. The molecule has 0 amide bonds. The Morgan fingerprint density at radius 1 is 0.935 bits per heavy atom. The van der Waals surface area contributed by atoms with Gasteiger partial charge < -0.3 is 15.1 Å². The zero-order chi connectivity index (χ0) is 21.0. The van der Waals surface area contributed by atoms with E-state index in [-0.39, 0.29) is 11.8 Å². The van der Waals surface area contributed by atoms with E-state index in [0.717, 1.165) is 31.7 Å². The van der Waals surface area contributed by atoms with Gasteiger partial charge in [0, 0.05) is 43.1 Å². The average molecular weight is 412 g/mol. The van der Waals surface area contributed by atoms with Crippen LogP contribution in [0.3, 0.4) is 0 Å². The smallest absolute Gasteiger partial charge is 0.182 e. The highest BCUT2D eigenvalue weighted by molar-refractivity contribution is 5.93. The molecule has 158 valence electrons. The van der Waals surface area contributed by atoms with Crippen LogP contribution in [-0.4, -0.2) is 34.8 Å². The Kier molecular flexibility index (Phi) is 4.34. The van der Waals surface area contributed by atoms with Crippen molar-refractivity contribution in [1.82, 2.24) is 15.3 Å². The van der Waals surface area contributed by atoms with E-state index in [2.05, 4.69) is 102 Å². The Labute approximate surface area is 184 Å². The Morgan fingerprint density at radius 3 is 2.52 bits per heavy atom.